The quantitative estimate of drug-likeness (QED) is 0.456. The minimum absolute atomic E-state index is 0.00258. The minimum Gasteiger partial charge on any atom is -0.465 e. The molecule has 1 aromatic heterocycles. The van der Waals surface area contributed by atoms with Gasteiger partial charge in [0.2, 0.25) is 5.82 Å². The molecule has 0 radical (unpaired) electrons. The van der Waals surface area contributed by atoms with Gasteiger partial charge in [-0.15, -0.1) is 0 Å². The van der Waals surface area contributed by atoms with Crippen molar-refractivity contribution < 1.29 is 18.8 Å². The van der Waals surface area contributed by atoms with Crippen molar-refractivity contribution in [2.45, 2.75) is 6.42 Å². The maximum atomic E-state index is 13.2. The molecule has 0 spiro atoms. The minimum atomic E-state index is -0.701. The van der Waals surface area contributed by atoms with Gasteiger partial charge in [-0.3, -0.25) is 10.1 Å². The summed E-state index contributed by atoms with van der Waals surface area (Å²) in [5, 5.41) is 14.0. The van der Waals surface area contributed by atoms with Gasteiger partial charge >= 0.3 is 11.7 Å². The topological polar surface area (TPSA) is 94.4 Å². The summed E-state index contributed by atoms with van der Waals surface area (Å²) in [6.45, 7) is 0.351. The second-order valence-corrected chi connectivity index (χ2v) is 5.62. The van der Waals surface area contributed by atoms with Crippen LogP contribution in [0.2, 0.25) is 0 Å². The lowest BCUT2D eigenvalue weighted by Crippen LogP contribution is -2.10. The highest BCUT2D eigenvalue weighted by atomic mass is 79.9. The second-order valence-electron chi connectivity index (χ2n) is 4.77. The Labute approximate surface area is 145 Å². The molecule has 2 aromatic rings. The predicted molar refractivity (Wildman–Crippen MR) is 88.5 cm³/mol. The Morgan fingerprint density at radius 1 is 1.46 bits per heavy atom. The molecule has 1 heterocycles. The molecule has 0 atom stereocenters. The third kappa shape index (κ3) is 4.25. The average Bonchev–Trinajstić information content (AvgIpc) is 2.57. The normalized spacial score (nSPS) is 10.3. The van der Waals surface area contributed by atoms with E-state index in [1.165, 1.54) is 19.4 Å². The summed E-state index contributed by atoms with van der Waals surface area (Å²) in [5.74, 6) is -1.01. The molecular weight excluding hydrogens is 385 g/mol. The SMILES string of the molecule is COC(=O)c1cnc(NCCc2ccc(F)c(Br)c2)c([N+](=O)[O-])c1. The molecule has 0 aliphatic rings. The maximum Gasteiger partial charge on any atom is 0.339 e. The number of nitrogens with one attached hydrogen (secondary N) is 1. The van der Waals surface area contributed by atoms with Crippen LogP contribution < -0.4 is 5.32 Å². The van der Waals surface area contributed by atoms with Crippen LogP contribution in [0, 0.1) is 15.9 Å². The Bertz CT molecular complexity index is 785. The van der Waals surface area contributed by atoms with Crippen molar-refractivity contribution in [3.8, 4) is 0 Å². The summed E-state index contributed by atoms with van der Waals surface area (Å²) < 4.78 is 18.0. The van der Waals surface area contributed by atoms with E-state index in [0.717, 1.165) is 11.6 Å². The molecule has 0 aliphatic heterocycles. The summed E-state index contributed by atoms with van der Waals surface area (Å²) in [6, 6.07) is 5.71. The molecule has 0 saturated heterocycles. The van der Waals surface area contributed by atoms with Crippen LogP contribution in [0.1, 0.15) is 15.9 Å². The van der Waals surface area contributed by atoms with E-state index in [4.69, 9.17) is 0 Å². The summed E-state index contributed by atoms with van der Waals surface area (Å²) in [7, 11) is 1.18. The Morgan fingerprint density at radius 2 is 2.21 bits per heavy atom. The summed E-state index contributed by atoms with van der Waals surface area (Å²) in [6.07, 6.45) is 1.71. The number of nitro groups is 1. The molecule has 24 heavy (non-hydrogen) atoms. The number of halogens is 2. The molecule has 0 saturated carbocycles. The zero-order valence-corrected chi connectivity index (χ0v) is 14.2. The Hall–Kier alpha value is -2.55. The van der Waals surface area contributed by atoms with Crippen LogP contribution in [0.5, 0.6) is 0 Å². The van der Waals surface area contributed by atoms with Gasteiger partial charge in [-0.1, -0.05) is 6.07 Å². The third-order valence-electron chi connectivity index (χ3n) is 3.18. The number of nitrogens with zero attached hydrogens (tertiary/aromatic N) is 2. The van der Waals surface area contributed by atoms with E-state index in [2.05, 4.69) is 31.0 Å². The van der Waals surface area contributed by atoms with Crippen LogP contribution in [0.3, 0.4) is 0 Å². The van der Waals surface area contributed by atoms with Crippen molar-refractivity contribution in [1.29, 1.82) is 0 Å². The zero-order valence-electron chi connectivity index (χ0n) is 12.6. The van der Waals surface area contributed by atoms with Gasteiger partial charge in [0.15, 0.2) is 0 Å². The number of methoxy groups -OCH3 is 1. The Morgan fingerprint density at radius 3 is 2.83 bits per heavy atom. The van der Waals surface area contributed by atoms with Gasteiger partial charge in [-0.2, -0.15) is 0 Å². The van der Waals surface area contributed by atoms with Crippen LogP contribution >= 0.6 is 15.9 Å². The highest BCUT2D eigenvalue weighted by molar-refractivity contribution is 9.10. The number of anilines is 1. The van der Waals surface area contributed by atoms with Gasteiger partial charge in [0, 0.05) is 18.8 Å². The summed E-state index contributed by atoms with van der Waals surface area (Å²) >= 11 is 3.10. The second kappa shape index (κ2) is 7.82. The van der Waals surface area contributed by atoms with Crippen LogP contribution in [0.15, 0.2) is 34.9 Å². The van der Waals surface area contributed by atoms with Gasteiger partial charge in [0.25, 0.3) is 0 Å². The highest BCUT2D eigenvalue weighted by Crippen LogP contribution is 2.23. The molecule has 0 bridgehead atoms. The monoisotopic (exact) mass is 397 g/mol. The largest absolute Gasteiger partial charge is 0.465 e. The molecule has 7 nitrogen and oxygen atoms in total. The maximum absolute atomic E-state index is 13.2. The zero-order chi connectivity index (χ0) is 17.7. The van der Waals surface area contributed by atoms with Gasteiger partial charge in [0.05, 0.1) is 22.1 Å². The number of carbonyl (C=O) groups excluding carboxylic acids is 1. The van der Waals surface area contributed by atoms with Crippen molar-refractivity contribution in [3.63, 3.8) is 0 Å². The molecule has 1 N–H and O–H groups in total. The van der Waals surface area contributed by atoms with E-state index < -0.39 is 10.9 Å². The molecule has 0 fully saturated rings. The fourth-order valence-corrected chi connectivity index (χ4v) is 2.40. The molecular formula is C15H13BrFN3O4. The number of benzene rings is 1. The van der Waals surface area contributed by atoms with Crippen LogP contribution in [0.25, 0.3) is 0 Å². The van der Waals surface area contributed by atoms with E-state index in [1.807, 2.05) is 0 Å². The summed E-state index contributed by atoms with van der Waals surface area (Å²) in [4.78, 5) is 25.8. The number of hydrogen-bond acceptors (Lipinski definition) is 6. The van der Waals surface area contributed by atoms with Crippen LogP contribution in [-0.4, -0.2) is 29.5 Å². The van der Waals surface area contributed by atoms with Crippen LogP contribution in [0.4, 0.5) is 15.9 Å². The van der Waals surface area contributed by atoms with Gasteiger partial charge < -0.3 is 10.1 Å². The number of ether oxygens (including phenoxy) is 1. The molecule has 126 valence electrons. The number of hydrogen-bond donors (Lipinski definition) is 1. The van der Waals surface area contributed by atoms with Crippen molar-refractivity contribution in [1.82, 2.24) is 4.98 Å². The molecule has 9 heteroatoms. The smallest absolute Gasteiger partial charge is 0.339 e. The predicted octanol–water partition coefficient (Wildman–Crippen LogP) is 3.33. The van der Waals surface area contributed by atoms with Crippen LogP contribution in [-0.2, 0) is 11.2 Å². The van der Waals surface area contributed by atoms with E-state index in [0.29, 0.717) is 17.4 Å². The Balaban J connectivity index is 2.10. The van der Waals surface area contributed by atoms with E-state index >= 15 is 0 Å². The van der Waals surface area contributed by atoms with Gasteiger partial charge in [-0.25, -0.2) is 14.2 Å². The average molecular weight is 398 g/mol. The number of aromatic nitrogens is 1. The molecule has 0 amide bonds. The first-order chi connectivity index (χ1) is 11.4. The molecule has 1 aromatic carbocycles. The van der Waals surface area contributed by atoms with E-state index in [-0.39, 0.29) is 22.9 Å². The number of esters is 1. The number of pyridine rings is 1. The Kier molecular flexibility index (Phi) is 5.80. The molecule has 0 aliphatic carbocycles. The standard InChI is InChI=1S/C15H13BrFN3O4/c1-24-15(21)10-7-13(20(22)23)14(19-8-10)18-5-4-9-2-3-12(17)11(16)6-9/h2-3,6-8H,4-5H2,1H3,(H,18,19). The van der Waals surface area contributed by atoms with Crippen molar-refractivity contribution >= 4 is 33.4 Å². The van der Waals surface area contributed by atoms with Gasteiger partial charge in [0.1, 0.15) is 5.82 Å². The molecule has 2 rings (SSSR count). The lowest BCUT2D eigenvalue weighted by Gasteiger charge is -2.08. The van der Waals surface area contributed by atoms with E-state index in [1.54, 1.807) is 12.1 Å². The lowest BCUT2D eigenvalue weighted by molar-refractivity contribution is -0.384. The highest BCUT2D eigenvalue weighted by Gasteiger charge is 2.19. The molecule has 0 unspecified atom stereocenters. The van der Waals surface area contributed by atoms with Crippen molar-refractivity contribution in [2.24, 2.45) is 0 Å². The van der Waals surface area contributed by atoms with Gasteiger partial charge in [-0.05, 0) is 40.0 Å². The van der Waals surface area contributed by atoms with Crippen molar-refractivity contribution in [2.75, 3.05) is 19.0 Å². The fraction of sp³-hybridized carbons (Fsp3) is 0.200. The fourth-order valence-electron chi connectivity index (χ4n) is 1.98. The van der Waals surface area contributed by atoms with E-state index in [9.17, 15) is 19.3 Å². The first kappa shape index (κ1) is 17.8. The third-order valence-corrected chi connectivity index (χ3v) is 3.78. The first-order valence-corrected chi connectivity index (χ1v) is 7.62. The summed E-state index contributed by atoms with van der Waals surface area (Å²) in [5.41, 5.74) is 0.528. The number of rotatable bonds is 6. The first-order valence-electron chi connectivity index (χ1n) is 6.83. The lowest BCUT2D eigenvalue weighted by atomic mass is 10.1. The number of carbonyl (C=O) groups is 1. The van der Waals surface area contributed by atoms with Crippen molar-refractivity contribution in [3.05, 3.63) is 62.0 Å².